The van der Waals surface area contributed by atoms with E-state index in [0.29, 0.717) is 0 Å². The average molecular weight is 177 g/mol. The lowest BCUT2D eigenvalue weighted by molar-refractivity contribution is 0.866. The molecule has 13 heavy (non-hydrogen) atoms. The van der Waals surface area contributed by atoms with Crippen LogP contribution in [-0.2, 0) is 0 Å². The van der Waals surface area contributed by atoms with Gasteiger partial charge in [0, 0.05) is 0 Å². The summed E-state index contributed by atoms with van der Waals surface area (Å²) < 4.78 is 0. The summed E-state index contributed by atoms with van der Waals surface area (Å²) in [4.78, 5) is 0. The number of unbranched alkanes of at least 4 members (excludes halogenated alkanes) is 2. The Bertz CT molecular complexity index is 161. The summed E-state index contributed by atoms with van der Waals surface area (Å²) in [5, 5.41) is 0. The normalized spacial score (nSPS) is 12.5. The largest absolute Gasteiger partial charge is 0.0885 e. The highest BCUT2D eigenvalue weighted by atomic mass is 13.8. The average Bonchev–Trinajstić information content (AvgIpc) is 2.16. The van der Waals surface area contributed by atoms with Gasteiger partial charge in [-0.15, -0.1) is 0 Å². The molecule has 0 bridgehead atoms. The fourth-order valence-corrected chi connectivity index (χ4v) is 1.03. The zero-order chi connectivity index (χ0) is 9.78. The molecule has 0 heterocycles. The van der Waals surface area contributed by atoms with Crippen LogP contribution in [0.25, 0.3) is 0 Å². The van der Waals surface area contributed by atoms with Crippen LogP contribution >= 0.6 is 0 Å². The lowest BCUT2D eigenvalue weighted by Crippen LogP contribution is -1.68. The van der Waals surface area contributed by atoms with E-state index in [1.807, 2.05) is 6.08 Å². The van der Waals surface area contributed by atoms with Crippen molar-refractivity contribution in [2.75, 3.05) is 0 Å². The smallest absolute Gasteiger partial charge is 0.0169 e. The zero-order valence-electron chi connectivity index (χ0n) is 8.71. The van der Waals surface area contributed by atoms with Crippen LogP contribution in [0.2, 0.25) is 0 Å². The first-order valence-corrected chi connectivity index (χ1v) is 5.16. The lowest BCUT2D eigenvalue weighted by Gasteiger charge is -1.88. The molecular weight excluding hydrogens is 156 g/mol. The van der Waals surface area contributed by atoms with Gasteiger partial charge in [-0.1, -0.05) is 43.4 Å². The van der Waals surface area contributed by atoms with Gasteiger partial charge in [0.15, 0.2) is 0 Å². The van der Waals surface area contributed by atoms with Crippen molar-refractivity contribution in [2.45, 2.75) is 39.0 Å². The van der Waals surface area contributed by atoms with Gasteiger partial charge in [0.1, 0.15) is 0 Å². The Morgan fingerprint density at radius 3 is 2.31 bits per heavy atom. The number of allylic oxidation sites excluding steroid dienone is 6. The second-order valence-electron chi connectivity index (χ2n) is 2.99. The molecule has 0 spiro atoms. The standard InChI is InChI=1S/C13H21/c1-3-5-7-9-11-13-12-10-8-6-4-2/h3,5-6,8,12-13H,1,4,7,9-11H2,2H3. The topological polar surface area (TPSA) is 0 Å². The fourth-order valence-electron chi connectivity index (χ4n) is 1.03. The van der Waals surface area contributed by atoms with Gasteiger partial charge in [0.25, 0.3) is 0 Å². The van der Waals surface area contributed by atoms with Crippen molar-refractivity contribution >= 4 is 0 Å². The second kappa shape index (κ2) is 11.2. The molecule has 0 heteroatoms. The molecule has 0 aliphatic heterocycles. The minimum atomic E-state index is 1.08. The van der Waals surface area contributed by atoms with Crippen molar-refractivity contribution in [3.8, 4) is 0 Å². The molecule has 0 rings (SSSR count). The first-order chi connectivity index (χ1) is 6.41. The van der Waals surface area contributed by atoms with Crippen LogP contribution in [0, 0.1) is 6.92 Å². The van der Waals surface area contributed by atoms with Crippen molar-refractivity contribution in [1.29, 1.82) is 0 Å². The van der Waals surface area contributed by atoms with E-state index >= 15 is 0 Å². The molecule has 0 aliphatic rings. The molecule has 0 N–H and O–H groups in total. The van der Waals surface area contributed by atoms with Gasteiger partial charge in [0.05, 0.1) is 0 Å². The van der Waals surface area contributed by atoms with Crippen molar-refractivity contribution in [2.24, 2.45) is 0 Å². The summed E-state index contributed by atoms with van der Waals surface area (Å²) in [6.45, 7) is 5.80. The maximum Gasteiger partial charge on any atom is -0.0169 e. The Labute approximate surface area is 83.0 Å². The molecule has 0 aromatic rings. The molecule has 0 aromatic carbocycles. The third-order valence-corrected chi connectivity index (χ3v) is 1.75. The maximum absolute atomic E-state index is 3.65. The molecular formula is C13H21. The van der Waals surface area contributed by atoms with Gasteiger partial charge in [-0.3, -0.25) is 0 Å². The van der Waals surface area contributed by atoms with E-state index in [0.717, 1.165) is 19.3 Å². The Hall–Kier alpha value is -0.780. The molecule has 0 saturated carbocycles. The number of rotatable bonds is 7. The van der Waals surface area contributed by atoms with E-state index in [-0.39, 0.29) is 0 Å². The van der Waals surface area contributed by atoms with E-state index < -0.39 is 0 Å². The minimum Gasteiger partial charge on any atom is -0.0885 e. The number of hydrogen-bond donors (Lipinski definition) is 0. The first-order valence-electron chi connectivity index (χ1n) is 5.16. The van der Waals surface area contributed by atoms with Gasteiger partial charge in [0.2, 0.25) is 0 Å². The monoisotopic (exact) mass is 177 g/mol. The van der Waals surface area contributed by atoms with Crippen LogP contribution in [0.15, 0.2) is 36.5 Å². The van der Waals surface area contributed by atoms with E-state index in [4.69, 9.17) is 0 Å². The summed E-state index contributed by atoms with van der Waals surface area (Å²) in [5.74, 6) is 0. The predicted molar refractivity (Wildman–Crippen MR) is 61.5 cm³/mol. The molecule has 0 nitrogen and oxygen atoms in total. The highest BCUT2D eigenvalue weighted by Crippen LogP contribution is 1.99. The Balaban J connectivity index is 3.17. The van der Waals surface area contributed by atoms with Crippen molar-refractivity contribution in [1.82, 2.24) is 0 Å². The van der Waals surface area contributed by atoms with Crippen LogP contribution < -0.4 is 0 Å². The quantitative estimate of drug-likeness (QED) is 0.398. The maximum atomic E-state index is 3.65. The summed E-state index contributed by atoms with van der Waals surface area (Å²) in [6, 6.07) is 0. The second-order valence-corrected chi connectivity index (χ2v) is 2.99. The summed E-state index contributed by atoms with van der Waals surface area (Å²) in [7, 11) is 0. The molecule has 0 aromatic heterocycles. The van der Waals surface area contributed by atoms with E-state index in [9.17, 15) is 0 Å². The van der Waals surface area contributed by atoms with Gasteiger partial charge in [-0.25, -0.2) is 0 Å². The van der Waals surface area contributed by atoms with Crippen LogP contribution in [0.4, 0.5) is 0 Å². The molecule has 0 fully saturated rings. The van der Waals surface area contributed by atoms with Crippen molar-refractivity contribution < 1.29 is 0 Å². The van der Waals surface area contributed by atoms with Gasteiger partial charge >= 0.3 is 0 Å². The molecule has 0 saturated heterocycles. The summed E-state index contributed by atoms with van der Waals surface area (Å²) >= 11 is 0. The highest BCUT2D eigenvalue weighted by Gasteiger charge is 1.78. The van der Waals surface area contributed by atoms with Crippen LogP contribution in [0.3, 0.4) is 0 Å². The summed E-state index contributed by atoms with van der Waals surface area (Å²) in [5.41, 5.74) is 0. The zero-order valence-corrected chi connectivity index (χ0v) is 8.71. The Kier molecular flexibility index (Phi) is 10.5. The van der Waals surface area contributed by atoms with Gasteiger partial charge in [-0.2, -0.15) is 0 Å². The SMILES string of the molecule is [CH2]C=CCCCC=CCC=CCC. The van der Waals surface area contributed by atoms with Crippen LogP contribution in [0.1, 0.15) is 39.0 Å². The third kappa shape index (κ3) is 11.2. The predicted octanol–water partition coefficient (Wildman–Crippen LogP) is 4.46. The van der Waals surface area contributed by atoms with Crippen LogP contribution in [0.5, 0.6) is 0 Å². The highest BCUT2D eigenvalue weighted by molar-refractivity contribution is 4.92. The Morgan fingerprint density at radius 1 is 0.923 bits per heavy atom. The molecule has 1 radical (unpaired) electrons. The molecule has 0 aliphatic carbocycles. The van der Waals surface area contributed by atoms with Crippen LogP contribution in [-0.4, -0.2) is 0 Å². The van der Waals surface area contributed by atoms with Gasteiger partial charge < -0.3 is 0 Å². The summed E-state index contributed by atoms with van der Waals surface area (Å²) in [6.07, 6.45) is 18.7. The van der Waals surface area contributed by atoms with Crippen molar-refractivity contribution in [3.63, 3.8) is 0 Å². The van der Waals surface area contributed by atoms with E-state index in [2.05, 4.69) is 44.2 Å². The molecule has 0 atom stereocenters. The van der Waals surface area contributed by atoms with E-state index in [1.54, 1.807) is 0 Å². The minimum absolute atomic E-state index is 1.08. The number of hydrogen-bond acceptors (Lipinski definition) is 0. The van der Waals surface area contributed by atoms with E-state index in [1.165, 1.54) is 12.8 Å². The Morgan fingerprint density at radius 2 is 1.62 bits per heavy atom. The first kappa shape index (κ1) is 12.2. The molecule has 73 valence electrons. The van der Waals surface area contributed by atoms with Gasteiger partial charge in [-0.05, 0) is 39.0 Å². The molecule has 0 amide bonds. The molecule has 0 unspecified atom stereocenters. The fraction of sp³-hybridized carbons (Fsp3) is 0.462. The third-order valence-electron chi connectivity index (χ3n) is 1.75. The van der Waals surface area contributed by atoms with Crippen molar-refractivity contribution in [3.05, 3.63) is 43.4 Å². The lowest BCUT2D eigenvalue weighted by atomic mass is 10.2.